The lowest BCUT2D eigenvalue weighted by molar-refractivity contribution is -0.116. The van der Waals surface area contributed by atoms with Gasteiger partial charge < -0.3 is 10.2 Å². The number of aryl methyl sites for hydroxylation is 1. The number of nitrogens with zero attached hydrogens (tertiary/aromatic N) is 1. The fourth-order valence-corrected chi connectivity index (χ4v) is 4.15. The van der Waals surface area contributed by atoms with E-state index in [0.717, 1.165) is 23.3 Å². The van der Waals surface area contributed by atoms with Gasteiger partial charge in [0.1, 0.15) is 5.82 Å². The Kier molecular flexibility index (Phi) is 7.13. The van der Waals surface area contributed by atoms with Crippen LogP contribution in [0.15, 0.2) is 71.6 Å². The van der Waals surface area contributed by atoms with Crippen molar-refractivity contribution >= 4 is 33.2 Å². The van der Waals surface area contributed by atoms with E-state index in [4.69, 9.17) is 0 Å². The van der Waals surface area contributed by atoms with Crippen molar-refractivity contribution in [1.29, 1.82) is 0 Å². The summed E-state index contributed by atoms with van der Waals surface area (Å²) < 4.78 is 40.4. The molecule has 0 saturated carbocycles. The molecule has 3 aromatic rings. The van der Waals surface area contributed by atoms with Crippen LogP contribution in [0.1, 0.15) is 21.5 Å². The highest BCUT2D eigenvalue weighted by molar-refractivity contribution is 7.92. The molecule has 0 aliphatic heterocycles. The number of carbonyl (C=O) groups is 2. The molecular weight excluding hydrogens is 445 g/mol. The Morgan fingerprint density at radius 3 is 2.21 bits per heavy atom. The van der Waals surface area contributed by atoms with Crippen molar-refractivity contribution in [2.45, 2.75) is 18.7 Å². The molecule has 7 nitrogen and oxygen atoms in total. The van der Waals surface area contributed by atoms with Crippen LogP contribution in [-0.4, -0.2) is 38.7 Å². The number of halogens is 1. The molecule has 0 fully saturated rings. The molecule has 0 aliphatic rings. The van der Waals surface area contributed by atoms with Gasteiger partial charge in [0.2, 0.25) is 5.91 Å². The van der Waals surface area contributed by atoms with E-state index < -0.39 is 21.7 Å². The standard InChI is InChI=1S/C24H24FN3O4S/c1-16-5-4-6-22(17(16)2)26-23(29)15-28(3)24(30)18-7-13-21(14-8-18)33(31,32)27-20-11-9-19(25)10-12-20/h4-14,27H,15H2,1-3H3,(H,26,29). The summed E-state index contributed by atoms with van der Waals surface area (Å²) in [5.41, 5.74) is 3.13. The number of sulfonamides is 1. The molecular formula is C24H24FN3O4S. The first-order valence-corrected chi connectivity index (χ1v) is 11.5. The predicted octanol–water partition coefficient (Wildman–Crippen LogP) is 3.95. The van der Waals surface area contributed by atoms with Gasteiger partial charge in [0.05, 0.1) is 11.4 Å². The molecule has 0 saturated heterocycles. The molecule has 0 heterocycles. The van der Waals surface area contributed by atoms with Gasteiger partial charge in [0.15, 0.2) is 0 Å². The first-order chi connectivity index (χ1) is 15.6. The molecule has 0 aliphatic carbocycles. The van der Waals surface area contributed by atoms with Crippen molar-refractivity contribution in [3.05, 3.63) is 89.2 Å². The molecule has 0 unspecified atom stereocenters. The van der Waals surface area contributed by atoms with Crippen LogP contribution in [0, 0.1) is 19.7 Å². The molecule has 172 valence electrons. The molecule has 0 bridgehead atoms. The van der Waals surface area contributed by atoms with E-state index in [0.29, 0.717) is 5.69 Å². The zero-order chi connectivity index (χ0) is 24.2. The number of amides is 2. The number of hydrogen-bond acceptors (Lipinski definition) is 4. The van der Waals surface area contributed by atoms with Crippen molar-refractivity contribution in [3.63, 3.8) is 0 Å². The maximum absolute atomic E-state index is 13.0. The summed E-state index contributed by atoms with van der Waals surface area (Å²) in [6.07, 6.45) is 0. The Morgan fingerprint density at radius 2 is 1.58 bits per heavy atom. The third kappa shape index (κ3) is 5.95. The smallest absolute Gasteiger partial charge is 0.261 e. The Hall–Kier alpha value is -3.72. The first kappa shape index (κ1) is 23.9. The maximum Gasteiger partial charge on any atom is 0.261 e. The van der Waals surface area contributed by atoms with E-state index in [-0.39, 0.29) is 28.6 Å². The predicted molar refractivity (Wildman–Crippen MR) is 125 cm³/mol. The van der Waals surface area contributed by atoms with Crippen molar-refractivity contribution in [1.82, 2.24) is 4.90 Å². The topological polar surface area (TPSA) is 95.6 Å². The van der Waals surface area contributed by atoms with E-state index in [2.05, 4.69) is 10.0 Å². The lowest BCUT2D eigenvalue weighted by Gasteiger charge is -2.18. The van der Waals surface area contributed by atoms with Gasteiger partial charge in [-0.15, -0.1) is 0 Å². The van der Waals surface area contributed by atoms with Crippen LogP contribution in [0.3, 0.4) is 0 Å². The highest BCUT2D eigenvalue weighted by atomic mass is 32.2. The zero-order valence-corrected chi connectivity index (χ0v) is 19.2. The van der Waals surface area contributed by atoms with Crippen LogP contribution in [0.5, 0.6) is 0 Å². The third-order valence-electron chi connectivity index (χ3n) is 5.11. The number of anilines is 2. The van der Waals surface area contributed by atoms with Crippen molar-refractivity contribution < 1.29 is 22.4 Å². The quantitative estimate of drug-likeness (QED) is 0.548. The summed E-state index contributed by atoms with van der Waals surface area (Å²) in [7, 11) is -2.42. The maximum atomic E-state index is 13.0. The Morgan fingerprint density at radius 1 is 0.939 bits per heavy atom. The fraction of sp³-hybridized carbons (Fsp3) is 0.167. The van der Waals surface area contributed by atoms with Gasteiger partial charge in [0.25, 0.3) is 15.9 Å². The van der Waals surface area contributed by atoms with Crippen LogP contribution < -0.4 is 10.0 Å². The van der Waals surface area contributed by atoms with Gasteiger partial charge >= 0.3 is 0 Å². The monoisotopic (exact) mass is 469 g/mol. The first-order valence-electron chi connectivity index (χ1n) is 10.1. The Labute approximate surface area is 192 Å². The summed E-state index contributed by atoms with van der Waals surface area (Å²) >= 11 is 0. The van der Waals surface area contributed by atoms with Gasteiger partial charge in [-0.25, -0.2) is 12.8 Å². The van der Waals surface area contributed by atoms with Crippen LogP contribution in [0.25, 0.3) is 0 Å². The zero-order valence-electron chi connectivity index (χ0n) is 18.4. The third-order valence-corrected chi connectivity index (χ3v) is 6.51. The summed E-state index contributed by atoms with van der Waals surface area (Å²) in [5, 5.41) is 2.80. The van der Waals surface area contributed by atoms with E-state index in [1.807, 2.05) is 26.0 Å². The van der Waals surface area contributed by atoms with Crippen LogP contribution >= 0.6 is 0 Å². The lowest BCUT2D eigenvalue weighted by Crippen LogP contribution is -2.35. The highest BCUT2D eigenvalue weighted by Crippen LogP contribution is 2.19. The summed E-state index contributed by atoms with van der Waals surface area (Å²) in [6, 6.07) is 15.8. The van der Waals surface area contributed by atoms with Gasteiger partial charge in [0, 0.05) is 24.0 Å². The van der Waals surface area contributed by atoms with Crippen molar-refractivity contribution in [2.75, 3.05) is 23.6 Å². The van der Waals surface area contributed by atoms with Gasteiger partial charge in [-0.2, -0.15) is 0 Å². The molecule has 3 aromatic carbocycles. The normalized spacial score (nSPS) is 11.0. The van der Waals surface area contributed by atoms with Crippen molar-refractivity contribution in [2.24, 2.45) is 0 Å². The minimum Gasteiger partial charge on any atom is -0.332 e. The molecule has 0 spiro atoms. The summed E-state index contributed by atoms with van der Waals surface area (Å²) in [4.78, 5) is 26.3. The van der Waals surface area contributed by atoms with Gasteiger partial charge in [-0.3, -0.25) is 14.3 Å². The molecule has 2 amide bonds. The number of carbonyl (C=O) groups excluding carboxylic acids is 2. The minimum atomic E-state index is -3.91. The summed E-state index contributed by atoms with van der Waals surface area (Å²) in [6.45, 7) is 3.68. The second kappa shape index (κ2) is 9.83. The lowest BCUT2D eigenvalue weighted by atomic mass is 10.1. The number of likely N-dealkylation sites (N-methyl/N-ethyl adjacent to an activating group) is 1. The Bertz CT molecular complexity index is 1270. The number of benzene rings is 3. The van der Waals surface area contributed by atoms with Gasteiger partial charge in [-0.05, 0) is 79.6 Å². The molecule has 9 heteroatoms. The van der Waals surface area contributed by atoms with Crippen molar-refractivity contribution in [3.8, 4) is 0 Å². The number of hydrogen-bond donors (Lipinski definition) is 2. The van der Waals surface area contributed by atoms with E-state index >= 15 is 0 Å². The molecule has 0 radical (unpaired) electrons. The van der Waals surface area contributed by atoms with Crippen LogP contribution in [0.2, 0.25) is 0 Å². The average molecular weight is 470 g/mol. The Balaban J connectivity index is 1.64. The van der Waals surface area contributed by atoms with E-state index in [9.17, 15) is 22.4 Å². The number of rotatable bonds is 7. The second-order valence-corrected chi connectivity index (χ2v) is 9.28. The van der Waals surface area contributed by atoms with Gasteiger partial charge in [-0.1, -0.05) is 12.1 Å². The molecule has 2 N–H and O–H groups in total. The molecule has 0 atom stereocenters. The minimum absolute atomic E-state index is 0.0568. The van der Waals surface area contributed by atoms with Crippen LogP contribution in [-0.2, 0) is 14.8 Å². The molecule has 3 rings (SSSR count). The van der Waals surface area contributed by atoms with E-state index in [1.54, 1.807) is 6.07 Å². The molecule has 33 heavy (non-hydrogen) atoms. The van der Waals surface area contributed by atoms with Crippen LogP contribution in [0.4, 0.5) is 15.8 Å². The average Bonchev–Trinajstić information content (AvgIpc) is 2.78. The van der Waals surface area contributed by atoms with E-state index in [1.165, 1.54) is 48.3 Å². The fourth-order valence-electron chi connectivity index (χ4n) is 3.09. The highest BCUT2D eigenvalue weighted by Gasteiger charge is 2.18. The SMILES string of the molecule is Cc1cccc(NC(=O)CN(C)C(=O)c2ccc(S(=O)(=O)Nc3ccc(F)cc3)cc2)c1C. The largest absolute Gasteiger partial charge is 0.332 e. The molecule has 0 aromatic heterocycles. The summed E-state index contributed by atoms with van der Waals surface area (Å²) in [5.74, 6) is -1.25. The second-order valence-electron chi connectivity index (χ2n) is 7.59. The number of nitrogens with one attached hydrogen (secondary N) is 2.